The van der Waals surface area contributed by atoms with E-state index in [0.29, 0.717) is 18.2 Å². The SMILES string of the molecule is CC(CN)Cc1ccnc(C#N)c1. The minimum atomic E-state index is 0.453. The van der Waals surface area contributed by atoms with Gasteiger partial charge in [0, 0.05) is 6.20 Å². The summed E-state index contributed by atoms with van der Waals surface area (Å²) in [5.41, 5.74) is 7.11. The van der Waals surface area contributed by atoms with Crippen LogP contribution >= 0.6 is 0 Å². The van der Waals surface area contributed by atoms with Crippen LogP contribution in [0.25, 0.3) is 0 Å². The molecule has 1 aromatic rings. The molecule has 1 heterocycles. The highest BCUT2D eigenvalue weighted by molar-refractivity contribution is 5.25. The standard InChI is InChI=1S/C10H13N3/c1-8(6-11)4-9-2-3-13-10(5-9)7-12/h2-3,5,8H,4,6,11H2,1H3. The number of hydrogen-bond acceptors (Lipinski definition) is 3. The Labute approximate surface area is 78.2 Å². The van der Waals surface area contributed by atoms with E-state index in [4.69, 9.17) is 11.0 Å². The lowest BCUT2D eigenvalue weighted by Gasteiger charge is -2.07. The second kappa shape index (κ2) is 4.58. The van der Waals surface area contributed by atoms with E-state index in [1.54, 1.807) is 6.20 Å². The van der Waals surface area contributed by atoms with Crippen molar-refractivity contribution in [2.45, 2.75) is 13.3 Å². The van der Waals surface area contributed by atoms with Crippen molar-refractivity contribution in [3.63, 3.8) is 0 Å². The second-order valence-electron chi connectivity index (χ2n) is 3.21. The summed E-state index contributed by atoms with van der Waals surface area (Å²) in [4.78, 5) is 3.90. The third-order valence-electron chi connectivity index (χ3n) is 1.93. The molecule has 0 radical (unpaired) electrons. The molecule has 0 spiro atoms. The molecule has 1 rings (SSSR count). The number of aromatic nitrogens is 1. The lowest BCUT2D eigenvalue weighted by atomic mass is 10.0. The predicted molar refractivity (Wildman–Crippen MR) is 50.9 cm³/mol. The number of nitrogens with zero attached hydrogens (tertiary/aromatic N) is 2. The van der Waals surface area contributed by atoms with Crippen LogP contribution in [0.1, 0.15) is 18.2 Å². The van der Waals surface area contributed by atoms with Crippen LogP contribution in [-0.4, -0.2) is 11.5 Å². The molecule has 2 N–H and O–H groups in total. The van der Waals surface area contributed by atoms with Gasteiger partial charge in [-0.3, -0.25) is 0 Å². The first kappa shape index (κ1) is 9.69. The lowest BCUT2D eigenvalue weighted by Crippen LogP contribution is -2.13. The van der Waals surface area contributed by atoms with E-state index >= 15 is 0 Å². The highest BCUT2D eigenvalue weighted by atomic mass is 14.7. The second-order valence-corrected chi connectivity index (χ2v) is 3.21. The van der Waals surface area contributed by atoms with Crippen LogP contribution in [-0.2, 0) is 6.42 Å². The van der Waals surface area contributed by atoms with Crippen LogP contribution in [0.2, 0.25) is 0 Å². The summed E-state index contributed by atoms with van der Waals surface area (Å²) >= 11 is 0. The Bertz CT molecular complexity index is 314. The molecule has 0 aliphatic heterocycles. The maximum atomic E-state index is 8.62. The van der Waals surface area contributed by atoms with Gasteiger partial charge in [-0.05, 0) is 36.6 Å². The summed E-state index contributed by atoms with van der Waals surface area (Å²) in [6.45, 7) is 2.76. The van der Waals surface area contributed by atoms with Crippen LogP contribution in [0.4, 0.5) is 0 Å². The molecule has 0 bridgehead atoms. The monoisotopic (exact) mass is 175 g/mol. The van der Waals surface area contributed by atoms with Crippen molar-refractivity contribution >= 4 is 0 Å². The van der Waals surface area contributed by atoms with Gasteiger partial charge < -0.3 is 5.73 Å². The maximum absolute atomic E-state index is 8.62. The fourth-order valence-corrected chi connectivity index (χ4v) is 1.15. The topological polar surface area (TPSA) is 62.7 Å². The summed E-state index contributed by atoms with van der Waals surface area (Å²) in [5, 5.41) is 8.62. The summed E-state index contributed by atoms with van der Waals surface area (Å²) in [6, 6.07) is 5.75. The number of hydrogen-bond donors (Lipinski definition) is 1. The van der Waals surface area contributed by atoms with Gasteiger partial charge in [0.2, 0.25) is 0 Å². The zero-order valence-corrected chi connectivity index (χ0v) is 7.70. The molecule has 3 heteroatoms. The predicted octanol–water partition coefficient (Wildman–Crippen LogP) is 1.09. The molecule has 0 aliphatic rings. The summed E-state index contributed by atoms with van der Waals surface area (Å²) in [7, 11) is 0. The van der Waals surface area contributed by atoms with Crippen molar-refractivity contribution in [3.8, 4) is 6.07 Å². The fraction of sp³-hybridized carbons (Fsp3) is 0.400. The van der Waals surface area contributed by atoms with Crippen LogP contribution in [0.5, 0.6) is 0 Å². The van der Waals surface area contributed by atoms with Crippen molar-refractivity contribution in [1.29, 1.82) is 5.26 Å². The van der Waals surface area contributed by atoms with Crippen molar-refractivity contribution < 1.29 is 0 Å². The summed E-state index contributed by atoms with van der Waals surface area (Å²) in [5.74, 6) is 0.453. The van der Waals surface area contributed by atoms with Gasteiger partial charge in [-0.15, -0.1) is 0 Å². The van der Waals surface area contributed by atoms with Crippen LogP contribution in [0, 0.1) is 17.2 Å². The van der Waals surface area contributed by atoms with E-state index in [0.717, 1.165) is 12.0 Å². The Morgan fingerprint density at radius 2 is 2.46 bits per heavy atom. The highest BCUT2D eigenvalue weighted by Crippen LogP contribution is 2.07. The van der Waals surface area contributed by atoms with Crippen LogP contribution < -0.4 is 5.73 Å². The largest absolute Gasteiger partial charge is 0.330 e. The first-order valence-electron chi connectivity index (χ1n) is 4.31. The number of nitrogens with two attached hydrogens (primary N) is 1. The first-order chi connectivity index (χ1) is 6.26. The van der Waals surface area contributed by atoms with Gasteiger partial charge in [0.25, 0.3) is 0 Å². The summed E-state index contributed by atoms with van der Waals surface area (Å²) < 4.78 is 0. The van der Waals surface area contributed by atoms with Crippen LogP contribution in [0.3, 0.4) is 0 Å². The van der Waals surface area contributed by atoms with Gasteiger partial charge in [0.1, 0.15) is 11.8 Å². The molecule has 0 aliphatic carbocycles. The molecule has 0 saturated carbocycles. The number of nitriles is 1. The molecule has 1 aromatic heterocycles. The minimum Gasteiger partial charge on any atom is -0.330 e. The molecule has 3 nitrogen and oxygen atoms in total. The number of rotatable bonds is 3. The zero-order chi connectivity index (χ0) is 9.68. The Morgan fingerprint density at radius 3 is 3.08 bits per heavy atom. The van der Waals surface area contributed by atoms with Gasteiger partial charge in [-0.1, -0.05) is 6.92 Å². The van der Waals surface area contributed by atoms with Gasteiger partial charge in [-0.2, -0.15) is 5.26 Å². The average Bonchev–Trinajstić information content (AvgIpc) is 2.18. The molecule has 0 fully saturated rings. The maximum Gasteiger partial charge on any atom is 0.140 e. The Balaban J connectivity index is 2.73. The third kappa shape index (κ3) is 2.85. The van der Waals surface area contributed by atoms with E-state index in [1.165, 1.54) is 0 Å². The van der Waals surface area contributed by atoms with Gasteiger partial charge >= 0.3 is 0 Å². The molecule has 68 valence electrons. The molecule has 0 aromatic carbocycles. The van der Waals surface area contributed by atoms with Crippen molar-refractivity contribution in [3.05, 3.63) is 29.6 Å². The number of pyridine rings is 1. The Hall–Kier alpha value is -1.40. The smallest absolute Gasteiger partial charge is 0.140 e. The highest BCUT2D eigenvalue weighted by Gasteiger charge is 2.02. The molecule has 13 heavy (non-hydrogen) atoms. The molecule has 1 unspecified atom stereocenters. The van der Waals surface area contributed by atoms with Gasteiger partial charge in [0.15, 0.2) is 0 Å². The average molecular weight is 175 g/mol. The van der Waals surface area contributed by atoms with E-state index in [9.17, 15) is 0 Å². The van der Waals surface area contributed by atoms with Crippen LogP contribution in [0.15, 0.2) is 18.3 Å². The van der Waals surface area contributed by atoms with E-state index in [1.807, 2.05) is 18.2 Å². The minimum absolute atomic E-state index is 0.453. The zero-order valence-electron chi connectivity index (χ0n) is 7.70. The van der Waals surface area contributed by atoms with Crippen molar-refractivity contribution in [2.24, 2.45) is 11.7 Å². The first-order valence-corrected chi connectivity index (χ1v) is 4.31. The molecule has 1 atom stereocenters. The van der Waals surface area contributed by atoms with Gasteiger partial charge in [-0.25, -0.2) is 4.98 Å². The molecule has 0 saturated heterocycles. The Morgan fingerprint density at radius 1 is 1.69 bits per heavy atom. The van der Waals surface area contributed by atoms with E-state index < -0.39 is 0 Å². The van der Waals surface area contributed by atoms with Gasteiger partial charge in [0.05, 0.1) is 0 Å². The Kier molecular flexibility index (Phi) is 3.41. The molecular weight excluding hydrogens is 162 g/mol. The van der Waals surface area contributed by atoms with E-state index in [-0.39, 0.29) is 0 Å². The van der Waals surface area contributed by atoms with Crippen molar-refractivity contribution in [2.75, 3.05) is 6.54 Å². The molecule has 0 amide bonds. The normalized spacial score (nSPS) is 12.1. The fourth-order valence-electron chi connectivity index (χ4n) is 1.15. The van der Waals surface area contributed by atoms with E-state index in [2.05, 4.69) is 11.9 Å². The summed E-state index contributed by atoms with van der Waals surface area (Å²) in [6.07, 6.45) is 2.57. The third-order valence-corrected chi connectivity index (χ3v) is 1.93. The molecular formula is C10H13N3. The lowest BCUT2D eigenvalue weighted by molar-refractivity contribution is 0.592. The van der Waals surface area contributed by atoms with Crippen molar-refractivity contribution in [1.82, 2.24) is 4.98 Å². The quantitative estimate of drug-likeness (QED) is 0.748.